The second-order valence-electron chi connectivity index (χ2n) is 7.05. The minimum atomic E-state index is -0.791. The molecule has 1 fully saturated rings. The van der Waals surface area contributed by atoms with Crippen LogP contribution in [0.15, 0.2) is 65.5 Å². The van der Waals surface area contributed by atoms with Crippen molar-refractivity contribution in [1.82, 2.24) is 10.6 Å². The third-order valence-electron chi connectivity index (χ3n) is 5.50. The molecule has 0 bridgehead atoms. The first kappa shape index (κ1) is 19.8. The van der Waals surface area contributed by atoms with Crippen LogP contribution < -0.4 is 10.6 Å². The molecule has 2 atom stereocenters. The highest BCUT2D eigenvalue weighted by molar-refractivity contribution is 6.37. The number of carbonyl (C=O) groups excluding carboxylic acids is 2. The van der Waals surface area contributed by atoms with Gasteiger partial charge in [-0.25, -0.2) is 4.79 Å². The first-order valence-corrected chi connectivity index (χ1v) is 10.2. The molecule has 0 amide bonds. The summed E-state index contributed by atoms with van der Waals surface area (Å²) in [6.45, 7) is 2.92. The largest absolute Gasteiger partial charge is 0.461 e. The van der Waals surface area contributed by atoms with Crippen molar-refractivity contribution in [2.75, 3.05) is 19.7 Å². The number of hydrogen-bond acceptors (Lipinski definition) is 5. The number of rotatable bonds is 4. The van der Waals surface area contributed by atoms with Gasteiger partial charge in [0.25, 0.3) is 0 Å². The lowest BCUT2D eigenvalue weighted by Crippen LogP contribution is -2.36. The molecule has 5 nitrogen and oxygen atoms in total. The first-order valence-electron chi connectivity index (χ1n) is 9.44. The number of hydrogen-bond donors (Lipinski definition) is 2. The highest BCUT2D eigenvalue weighted by Gasteiger charge is 2.52. The van der Waals surface area contributed by atoms with Crippen LogP contribution in [0.25, 0.3) is 0 Å². The van der Waals surface area contributed by atoms with E-state index in [0.29, 0.717) is 34.4 Å². The molecule has 1 aliphatic carbocycles. The fraction of sp³-hybridized carbons (Fsp3) is 0.273. The molecule has 1 saturated heterocycles. The number of benzene rings is 1. The van der Waals surface area contributed by atoms with Crippen molar-refractivity contribution < 1.29 is 14.3 Å². The Labute approximate surface area is 179 Å². The van der Waals surface area contributed by atoms with Crippen LogP contribution in [0.3, 0.4) is 0 Å². The Morgan fingerprint density at radius 2 is 2.10 bits per heavy atom. The molecule has 2 unspecified atom stereocenters. The Balaban J connectivity index is 1.84. The fourth-order valence-corrected chi connectivity index (χ4v) is 4.71. The monoisotopic (exact) mass is 430 g/mol. The number of allylic oxidation sites excluding steroid dienone is 4. The summed E-state index contributed by atoms with van der Waals surface area (Å²) in [6, 6.07) is 4.88. The Kier molecular flexibility index (Phi) is 5.28. The van der Waals surface area contributed by atoms with E-state index >= 15 is 0 Å². The van der Waals surface area contributed by atoms with E-state index in [1.807, 2.05) is 30.4 Å². The number of Topliss-reactive ketones (excluding diaryl/α,β-unsaturated/α-hetero) is 1. The Hall–Kier alpha value is -2.50. The van der Waals surface area contributed by atoms with Crippen molar-refractivity contribution in [3.8, 4) is 0 Å². The minimum Gasteiger partial charge on any atom is -0.461 e. The molecule has 0 radical (unpaired) electrons. The summed E-state index contributed by atoms with van der Waals surface area (Å²) in [4.78, 5) is 26.1. The van der Waals surface area contributed by atoms with E-state index in [1.54, 1.807) is 25.1 Å². The molecule has 7 heteroatoms. The molecular formula is C22H20Cl2N2O3. The average Bonchev–Trinajstić information content (AvgIpc) is 2.94. The fourth-order valence-electron chi connectivity index (χ4n) is 4.21. The Morgan fingerprint density at radius 1 is 1.28 bits per heavy atom. The number of esters is 1. The summed E-state index contributed by atoms with van der Waals surface area (Å²) in [5.74, 6) is -1.02. The zero-order valence-electron chi connectivity index (χ0n) is 15.8. The van der Waals surface area contributed by atoms with Crippen molar-refractivity contribution >= 4 is 35.0 Å². The van der Waals surface area contributed by atoms with E-state index < -0.39 is 17.3 Å². The number of carbonyl (C=O) groups is 2. The molecule has 1 aromatic rings. The summed E-state index contributed by atoms with van der Waals surface area (Å²) in [5.41, 5.74) is 1.80. The molecule has 2 N–H and O–H groups in total. The SMILES string of the molecule is CCOC(=O)C1=CC23C(=CCN1)C=CC=C2NCC3C(=O)c1ccc(Cl)cc1Cl. The van der Waals surface area contributed by atoms with Crippen LogP contribution >= 0.6 is 23.2 Å². The second-order valence-corrected chi connectivity index (χ2v) is 7.89. The van der Waals surface area contributed by atoms with E-state index in [1.165, 1.54) is 0 Å². The van der Waals surface area contributed by atoms with Gasteiger partial charge >= 0.3 is 5.97 Å². The quantitative estimate of drug-likeness (QED) is 0.561. The second kappa shape index (κ2) is 7.73. The van der Waals surface area contributed by atoms with Crippen LogP contribution in [0.1, 0.15) is 17.3 Å². The molecule has 150 valence electrons. The summed E-state index contributed by atoms with van der Waals surface area (Å²) in [7, 11) is 0. The highest BCUT2D eigenvalue weighted by Crippen LogP contribution is 2.51. The molecule has 1 spiro atoms. The lowest BCUT2D eigenvalue weighted by Gasteiger charge is -2.35. The molecule has 29 heavy (non-hydrogen) atoms. The van der Waals surface area contributed by atoms with Gasteiger partial charge in [-0.3, -0.25) is 4.79 Å². The molecule has 2 aliphatic heterocycles. The van der Waals surface area contributed by atoms with Crippen molar-refractivity contribution in [2.45, 2.75) is 6.92 Å². The average molecular weight is 431 g/mol. The maximum Gasteiger partial charge on any atom is 0.354 e. The van der Waals surface area contributed by atoms with Gasteiger partial charge in [-0.1, -0.05) is 41.4 Å². The predicted octanol–water partition coefficient (Wildman–Crippen LogP) is 3.81. The molecule has 0 saturated carbocycles. The normalized spacial score (nSPS) is 24.7. The molecule has 2 heterocycles. The van der Waals surface area contributed by atoms with Gasteiger partial charge in [-0.2, -0.15) is 0 Å². The minimum absolute atomic E-state index is 0.106. The highest BCUT2D eigenvalue weighted by atomic mass is 35.5. The van der Waals surface area contributed by atoms with Gasteiger partial charge in [0.15, 0.2) is 5.78 Å². The summed E-state index contributed by atoms with van der Waals surface area (Å²) in [5, 5.41) is 7.25. The van der Waals surface area contributed by atoms with E-state index in [-0.39, 0.29) is 12.4 Å². The van der Waals surface area contributed by atoms with Gasteiger partial charge in [0.1, 0.15) is 5.70 Å². The molecular weight excluding hydrogens is 411 g/mol. The van der Waals surface area contributed by atoms with Crippen molar-refractivity contribution in [3.63, 3.8) is 0 Å². The summed E-state index contributed by atoms with van der Waals surface area (Å²) in [6.07, 6.45) is 9.69. The van der Waals surface area contributed by atoms with Crippen molar-refractivity contribution in [2.24, 2.45) is 11.3 Å². The number of ketones is 1. The third-order valence-corrected chi connectivity index (χ3v) is 6.05. The van der Waals surface area contributed by atoms with E-state index in [4.69, 9.17) is 27.9 Å². The van der Waals surface area contributed by atoms with Crippen LogP contribution in [0.4, 0.5) is 0 Å². The van der Waals surface area contributed by atoms with Crippen LogP contribution in [0, 0.1) is 11.3 Å². The van der Waals surface area contributed by atoms with Crippen molar-refractivity contribution in [3.05, 3.63) is 81.2 Å². The van der Waals surface area contributed by atoms with Gasteiger partial charge in [0.2, 0.25) is 0 Å². The molecule has 1 aromatic carbocycles. The Morgan fingerprint density at radius 3 is 2.86 bits per heavy atom. The zero-order valence-corrected chi connectivity index (χ0v) is 17.3. The maximum absolute atomic E-state index is 13.6. The molecule has 0 aromatic heterocycles. The van der Waals surface area contributed by atoms with Crippen LogP contribution in [0.5, 0.6) is 0 Å². The third kappa shape index (κ3) is 3.28. The van der Waals surface area contributed by atoms with Crippen LogP contribution in [0.2, 0.25) is 10.0 Å². The lowest BCUT2D eigenvalue weighted by atomic mass is 9.65. The zero-order chi connectivity index (χ0) is 20.6. The van der Waals surface area contributed by atoms with Gasteiger partial charge in [-0.05, 0) is 42.8 Å². The number of nitrogens with one attached hydrogen (secondary N) is 2. The lowest BCUT2D eigenvalue weighted by molar-refractivity contribution is -0.139. The van der Waals surface area contributed by atoms with E-state index in [9.17, 15) is 9.59 Å². The van der Waals surface area contributed by atoms with Crippen LogP contribution in [-0.2, 0) is 9.53 Å². The van der Waals surface area contributed by atoms with Gasteiger partial charge in [0.05, 0.1) is 23.0 Å². The van der Waals surface area contributed by atoms with Crippen molar-refractivity contribution in [1.29, 1.82) is 0 Å². The van der Waals surface area contributed by atoms with Crippen LogP contribution in [-0.4, -0.2) is 31.4 Å². The number of ether oxygens (including phenoxy) is 1. The van der Waals surface area contributed by atoms with Gasteiger partial charge < -0.3 is 15.4 Å². The smallest absolute Gasteiger partial charge is 0.354 e. The van der Waals surface area contributed by atoms with Gasteiger partial charge in [-0.15, -0.1) is 0 Å². The summed E-state index contributed by atoms with van der Waals surface area (Å²) >= 11 is 12.3. The van der Waals surface area contributed by atoms with E-state index in [2.05, 4.69) is 10.6 Å². The molecule has 3 aliphatic rings. The number of halogens is 2. The summed E-state index contributed by atoms with van der Waals surface area (Å²) < 4.78 is 5.20. The molecule has 4 rings (SSSR count). The topological polar surface area (TPSA) is 67.4 Å². The first-order chi connectivity index (χ1) is 14.0. The van der Waals surface area contributed by atoms with E-state index in [0.717, 1.165) is 11.3 Å². The Bertz CT molecular complexity index is 1010. The standard InChI is InChI=1S/C22H20Cl2N2O3/c1-2-29-21(28)18-11-22-13(8-9-25-18)4-3-5-19(22)26-12-16(22)20(27)15-7-6-14(23)10-17(15)24/h3-8,10-11,16,25-26H,2,9,12H2,1H3. The van der Waals surface area contributed by atoms with Gasteiger partial charge in [0, 0.05) is 29.4 Å². The maximum atomic E-state index is 13.6. The predicted molar refractivity (Wildman–Crippen MR) is 113 cm³/mol.